The van der Waals surface area contributed by atoms with E-state index in [1.165, 1.54) is 5.56 Å². The van der Waals surface area contributed by atoms with E-state index in [-0.39, 0.29) is 5.43 Å². The van der Waals surface area contributed by atoms with Gasteiger partial charge in [0.1, 0.15) is 0 Å². The molecule has 2 rings (SSSR count). The molecule has 0 saturated carbocycles. The fraction of sp³-hybridized carbons (Fsp3) is 0.438. The number of aromatic nitrogens is 1. The van der Waals surface area contributed by atoms with Crippen molar-refractivity contribution < 1.29 is 0 Å². The zero-order chi connectivity index (χ0) is 13.3. The summed E-state index contributed by atoms with van der Waals surface area (Å²) < 4.78 is 0. The molecule has 1 N–H and O–H groups in total. The van der Waals surface area contributed by atoms with Gasteiger partial charge in [0.05, 0.1) is 0 Å². The number of nitrogens with one attached hydrogen (secondary N) is 1. The lowest BCUT2D eigenvalue weighted by atomic mass is 9.96. The van der Waals surface area contributed by atoms with Gasteiger partial charge in [-0.2, -0.15) is 0 Å². The average molecular weight is 243 g/mol. The van der Waals surface area contributed by atoms with Gasteiger partial charge in [0.2, 0.25) is 0 Å². The van der Waals surface area contributed by atoms with Crippen molar-refractivity contribution in [3.8, 4) is 0 Å². The summed E-state index contributed by atoms with van der Waals surface area (Å²) in [5.74, 6) is 0.500. The summed E-state index contributed by atoms with van der Waals surface area (Å²) >= 11 is 0. The van der Waals surface area contributed by atoms with Crippen LogP contribution in [0.4, 0.5) is 0 Å². The molecule has 2 nitrogen and oxygen atoms in total. The first-order chi connectivity index (χ1) is 8.58. The number of aryl methyl sites for hydroxylation is 1. The maximum absolute atomic E-state index is 12.4. The van der Waals surface area contributed by atoms with Crippen LogP contribution in [-0.2, 0) is 6.42 Å². The minimum absolute atomic E-state index is 0.172. The summed E-state index contributed by atoms with van der Waals surface area (Å²) in [4.78, 5) is 15.7. The molecular weight excluding hydrogens is 222 g/mol. The van der Waals surface area contributed by atoms with Crippen molar-refractivity contribution >= 4 is 10.9 Å². The molecule has 1 aromatic heterocycles. The highest BCUT2D eigenvalue weighted by Gasteiger charge is 2.09. The molecule has 2 aromatic rings. The molecule has 0 radical (unpaired) electrons. The monoisotopic (exact) mass is 243 g/mol. The third-order valence-electron chi connectivity index (χ3n) is 3.90. The van der Waals surface area contributed by atoms with Gasteiger partial charge in [-0.05, 0) is 43.4 Å². The predicted molar refractivity (Wildman–Crippen MR) is 77.4 cm³/mol. The molecule has 0 bridgehead atoms. The fourth-order valence-corrected chi connectivity index (χ4v) is 2.35. The van der Waals surface area contributed by atoms with Gasteiger partial charge in [-0.3, -0.25) is 4.79 Å². The van der Waals surface area contributed by atoms with E-state index in [9.17, 15) is 4.79 Å². The first-order valence-electron chi connectivity index (χ1n) is 6.73. The Kier molecular flexibility index (Phi) is 3.55. The van der Waals surface area contributed by atoms with Crippen molar-refractivity contribution in [1.82, 2.24) is 4.98 Å². The van der Waals surface area contributed by atoms with Gasteiger partial charge in [-0.15, -0.1) is 0 Å². The average Bonchev–Trinajstić information content (AvgIpc) is 2.41. The van der Waals surface area contributed by atoms with Gasteiger partial charge in [-0.1, -0.05) is 26.8 Å². The van der Waals surface area contributed by atoms with Crippen LogP contribution in [0, 0.1) is 6.92 Å². The lowest BCUT2D eigenvalue weighted by Crippen LogP contribution is -2.11. The smallest absolute Gasteiger partial charge is 0.192 e. The van der Waals surface area contributed by atoms with Crippen LogP contribution >= 0.6 is 0 Å². The van der Waals surface area contributed by atoms with Crippen molar-refractivity contribution in [2.75, 3.05) is 0 Å². The van der Waals surface area contributed by atoms with E-state index in [2.05, 4.69) is 37.9 Å². The number of rotatable bonds is 3. The molecule has 1 unspecified atom stereocenters. The molecular formula is C16H21NO. The molecule has 18 heavy (non-hydrogen) atoms. The van der Waals surface area contributed by atoms with E-state index in [1.807, 2.05) is 13.0 Å². The van der Waals surface area contributed by atoms with Crippen LogP contribution in [0.25, 0.3) is 10.9 Å². The summed E-state index contributed by atoms with van der Waals surface area (Å²) in [6.07, 6.45) is 1.96. The number of pyridine rings is 1. The molecule has 0 aliphatic heterocycles. The van der Waals surface area contributed by atoms with Gasteiger partial charge < -0.3 is 4.98 Å². The van der Waals surface area contributed by atoms with Crippen LogP contribution in [0.1, 0.15) is 49.9 Å². The molecule has 0 spiro atoms. The summed E-state index contributed by atoms with van der Waals surface area (Å²) in [6.45, 7) is 8.35. The van der Waals surface area contributed by atoms with Crippen molar-refractivity contribution in [1.29, 1.82) is 0 Å². The lowest BCUT2D eigenvalue weighted by molar-refractivity contribution is 0.734. The first-order valence-corrected chi connectivity index (χ1v) is 6.73. The second-order valence-electron chi connectivity index (χ2n) is 5.03. The predicted octanol–water partition coefficient (Wildman–Crippen LogP) is 3.91. The summed E-state index contributed by atoms with van der Waals surface area (Å²) in [5, 5.41) is 0.822. The van der Waals surface area contributed by atoms with Crippen LogP contribution in [0.5, 0.6) is 0 Å². The Bertz CT molecular complexity index is 625. The Labute approximate surface area is 108 Å². The molecule has 0 aliphatic carbocycles. The van der Waals surface area contributed by atoms with Crippen molar-refractivity contribution in [2.45, 2.75) is 46.5 Å². The second kappa shape index (κ2) is 4.97. The van der Waals surface area contributed by atoms with Gasteiger partial charge >= 0.3 is 0 Å². The van der Waals surface area contributed by atoms with E-state index in [1.54, 1.807) is 0 Å². The fourth-order valence-electron chi connectivity index (χ4n) is 2.35. The van der Waals surface area contributed by atoms with E-state index < -0.39 is 0 Å². The Morgan fingerprint density at radius 2 is 2.00 bits per heavy atom. The van der Waals surface area contributed by atoms with Gasteiger partial charge in [0, 0.05) is 22.2 Å². The van der Waals surface area contributed by atoms with Gasteiger partial charge in [0.15, 0.2) is 5.43 Å². The zero-order valence-corrected chi connectivity index (χ0v) is 11.6. The van der Waals surface area contributed by atoms with Crippen LogP contribution in [0.3, 0.4) is 0 Å². The molecule has 1 heterocycles. The SMILES string of the molecule is CCc1[nH]c2ccc(C(C)CC)cc2c(=O)c1C. The molecule has 1 atom stereocenters. The highest BCUT2D eigenvalue weighted by molar-refractivity contribution is 5.80. The number of hydrogen-bond donors (Lipinski definition) is 1. The van der Waals surface area contributed by atoms with Crippen molar-refractivity contribution in [3.05, 3.63) is 45.2 Å². The number of aromatic amines is 1. The molecule has 96 valence electrons. The van der Waals surface area contributed by atoms with Crippen LogP contribution in [0.15, 0.2) is 23.0 Å². The lowest BCUT2D eigenvalue weighted by Gasteiger charge is -2.11. The third kappa shape index (κ3) is 2.07. The normalized spacial score (nSPS) is 12.9. The van der Waals surface area contributed by atoms with E-state index in [0.29, 0.717) is 5.92 Å². The molecule has 0 saturated heterocycles. The second-order valence-corrected chi connectivity index (χ2v) is 5.03. The van der Waals surface area contributed by atoms with Gasteiger partial charge in [0.25, 0.3) is 0 Å². The number of fused-ring (bicyclic) bond motifs is 1. The molecule has 0 amide bonds. The number of benzene rings is 1. The Hall–Kier alpha value is -1.57. The van der Waals surface area contributed by atoms with Crippen molar-refractivity contribution in [2.24, 2.45) is 0 Å². The van der Waals surface area contributed by atoms with E-state index in [4.69, 9.17) is 0 Å². The topological polar surface area (TPSA) is 32.9 Å². The summed E-state index contributed by atoms with van der Waals surface area (Å²) in [6, 6.07) is 6.22. The Morgan fingerprint density at radius 1 is 1.28 bits per heavy atom. The van der Waals surface area contributed by atoms with Gasteiger partial charge in [-0.25, -0.2) is 0 Å². The van der Waals surface area contributed by atoms with Crippen molar-refractivity contribution in [3.63, 3.8) is 0 Å². The van der Waals surface area contributed by atoms with E-state index in [0.717, 1.165) is 35.0 Å². The Morgan fingerprint density at radius 3 is 2.61 bits per heavy atom. The standard InChI is InChI=1S/C16H21NO/c1-5-10(3)12-7-8-15-13(9-12)16(18)11(4)14(6-2)17-15/h7-10H,5-6H2,1-4H3,(H,17,18). The van der Waals surface area contributed by atoms with Crippen LogP contribution in [-0.4, -0.2) is 4.98 Å². The maximum Gasteiger partial charge on any atom is 0.192 e. The first kappa shape index (κ1) is 12.9. The highest BCUT2D eigenvalue weighted by atomic mass is 16.1. The maximum atomic E-state index is 12.4. The number of H-pyrrole nitrogens is 1. The van der Waals surface area contributed by atoms with Crippen LogP contribution in [0.2, 0.25) is 0 Å². The van der Waals surface area contributed by atoms with Crippen LogP contribution < -0.4 is 5.43 Å². The molecule has 1 aromatic carbocycles. The highest BCUT2D eigenvalue weighted by Crippen LogP contribution is 2.22. The third-order valence-corrected chi connectivity index (χ3v) is 3.90. The Balaban J connectivity index is 2.71. The minimum atomic E-state index is 0.172. The largest absolute Gasteiger partial charge is 0.358 e. The number of hydrogen-bond acceptors (Lipinski definition) is 1. The molecule has 2 heteroatoms. The summed E-state index contributed by atoms with van der Waals surface area (Å²) in [5.41, 5.74) is 4.27. The molecule has 0 fully saturated rings. The quantitative estimate of drug-likeness (QED) is 0.871. The van der Waals surface area contributed by atoms with E-state index >= 15 is 0 Å². The zero-order valence-electron chi connectivity index (χ0n) is 11.6. The molecule has 0 aliphatic rings. The minimum Gasteiger partial charge on any atom is -0.358 e. The summed E-state index contributed by atoms with van der Waals surface area (Å²) in [7, 11) is 0.